The maximum atomic E-state index is 12.0. The molecule has 0 aliphatic rings. The summed E-state index contributed by atoms with van der Waals surface area (Å²) in [4.78, 5) is 57.1. The van der Waals surface area contributed by atoms with Crippen LogP contribution in [0.2, 0.25) is 0 Å². The van der Waals surface area contributed by atoms with Crippen LogP contribution in [0.15, 0.2) is 0 Å². The number of esters is 1. The van der Waals surface area contributed by atoms with E-state index in [1.54, 1.807) is 13.8 Å². The van der Waals surface area contributed by atoms with Crippen LogP contribution in [0, 0.1) is 5.41 Å². The van der Waals surface area contributed by atoms with Gasteiger partial charge in [-0.3, -0.25) is 24.0 Å². The number of rotatable bonds is 15. The van der Waals surface area contributed by atoms with Gasteiger partial charge in [0.15, 0.2) is 5.12 Å². The van der Waals surface area contributed by atoms with Crippen LogP contribution < -0.4 is 22.1 Å². The fraction of sp³-hybridized carbons (Fsp3) is 0.722. The highest BCUT2D eigenvalue weighted by Crippen LogP contribution is 2.21. The third kappa shape index (κ3) is 12.9. The van der Waals surface area contributed by atoms with Gasteiger partial charge < -0.3 is 37.1 Å². The lowest BCUT2D eigenvalue weighted by Gasteiger charge is -2.28. The van der Waals surface area contributed by atoms with Crippen LogP contribution >= 0.6 is 11.8 Å². The van der Waals surface area contributed by atoms with Gasteiger partial charge in [0.2, 0.25) is 11.8 Å². The summed E-state index contributed by atoms with van der Waals surface area (Å²) >= 11 is 0.967. The van der Waals surface area contributed by atoms with Crippen LogP contribution in [0.1, 0.15) is 33.1 Å². The summed E-state index contributed by atoms with van der Waals surface area (Å²) in [5.41, 5.74) is 9.40. The minimum absolute atomic E-state index is 0.0143. The van der Waals surface area contributed by atoms with E-state index in [9.17, 15) is 29.1 Å². The molecule has 0 saturated heterocycles. The van der Waals surface area contributed by atoms with Gasteiger partial charge in [-0.2, -0.15) is 0 Å². The van der Waals surface area contributed by atoms with Gasteiger partial charge >= 0.3 is 11.9 Å². The Bertz CT molecular complexity index is 644. The van der Waals surface area contributed by atoms with Crippen LogP contribution in [0.5, 0.6) is 0 Å². The van der Waals surface area contributed by atoms with E-state index in [-0.39, 0.29) is 56.5 Å². The summed E-state index contributed by atoms with van der Waals surface area (Å²) in [5, 5.41) is 23.6. The Kier molecular flexibility index (Phi) is 13.7. The second kappa shape index (κ2) is 14.7. The monoisotopic (exact) mass is 464 g/mol. The molecule has 0 aliphatic carbocycles. The Morgan fingerprint density at radius 2 is 1.74 bits per heavy atom. The molecule has 8 N–H and O–H groups in total. The van der Waals surface area contributed by atoms with E-state index in [4.69, 9.17) is 21.3 Å². The summed E-state index contributed by atoms with van der Waals surface area (Å²) in [7, 11) is 0. The number of carbonyl (C=O) groups excluding carboxylic acids is 4. The number of aliphatic hydroxyl groups excluding tert-OH is 1. The maximum absolute atomic E-state index is 12.0. The third-order valence-electron chi connectivity index (χ3n) is 4.08. The molecule has 12 nitrogen and oxygen atoms in total. The molecule has 13 heteroatoms. The van der Waals surface area contributed by atoms with E-state index >= 15 is 0 Å². The molecular formula is C18H32N4O8S. The number of amides is 2. The summed E-state index contributed by atoms with van der Waals surface area (Å²) in [6.07, 6.45) is -1.42. The Hall–Kier alpha value is -2.22. The van der Waals surface area contributed by atoms with Gasteiger partial charge in [0.05, 0.1) is 13.2 Å². The third-order valence-corrected chi connectivity index (χ3v) is 5.01. The number of hydrogen-bond acceptors (Lipinski definition) is 10. The Morgan fingerprint density at radius 3 is 2.32 bits per heavy atom. The molecule has 31 heavy (non-hydrogen) atoms. The van der Waals surface area contributed by atoms with Crippen LogP contribution in [-0.4, -0.2) is 83.2 Å². The molecule has 0 aromatic heterocycles. The molecule has 0 aromatic carbocycles. The summed E-state index contributed by atoms with van der Waals surface area (Å²) in [6.45, 7) is 2.79. The van der Waals surface area contributed by atoms with Crippen molar-refractivity contribution in [2.45, 2.75) is 45.3 Å². The van der Waals surface area contributed by atoms with Crippen LogP contribution in [-0.2, 0) is 28.7 Å². The highest BCUT2D eigenvalue weighted by molar-refractivity contribution is 8.13. The van der Waals surface area contributed by atoms with Gasteiger partial charge in [-0.1, -0.05) is 25.6 Å². The number of nitrogens with one attached hydrogen (secondary N) is 2. The van der Waals surface area contributed by atoms with Crippen molar-refractivity contribution < 1.29 is 38.9 Å². The van der Waals surface area contributed by atoms with Crippen molar-refractivity contribution in [3.05, 3.63) is 0 Å². The lowest BCUT2D eigenvalue weighted by Crippen LogP contribution is -2.47. The molecule has 0 spiro atoms. The zero-order chi connectivity index (χ0) is 24.0. The Balaban J connectivity index is 4.02. The Labute approximate surface area is 184 Å². The number of carboxylic acids is 1. The number of nitrogens with two attached hydrogens (primary N) is 2. The van der Waals surface area contributed by atoms with Crippen molar-refractivity contribution in [3.8, 4) is 0 Å². The minimum Gasteiger partial charge on any atom is -0.480 e. The predicted octanol–water partition coefficient (Wildman–Crippen LogP) is -2.05. The van der Waals surface area contributed by atoms with Gasteiger partial charge in [0, 0.05) is 37.1 Å². The van der Waals surface area contributed by atoms with E-state index in [2.05, 4.69) is 10.6 Å². The quantitative estimate of drug-likeness (QED) is 0.115. The predicted molar refractivity (Wildman–Crippen MR) is 113 cm³/mol. The van der Waals surface area contributed by atoms with Crippen LogP contribution in [0.4, 0.5) is 0 Å². The average Bonchev–Trinajstić information content (AvgIpc) is 2.72. The first-order chi connectivity index (χ1) is 14.4. The van der Waals surface area contributed by atoms with Crippen LogP contribution in [0.25, 0.3) is 0 Å². The highest BCUT2D eigenvalue weighted by atomic mass is 32.2. The van der Waals surface area contributed by atoms with Gasteiger partial charge in [-0.25, -0.2) is 0 Å². The number of carbonyl (C=O) groups is 5. The first-order valence-corrected chi connectivity index (χ1v) is 10.6. The zero-order valence-electron chi connectivity index (χ0n) is 17.7. The second-order valence-corrected chi connectivity index (χ2v) is 8.50. The van der Waals surface area contributed by atoms with Crippen molar-refractivity contribution in [1.29, 1.82) is 0 Å². The molecular weight excluding hydrogens is 432 g/mol. The van der Waals surface area contributed by atoms with Gasteiger partial charge in [-0.15, -0.1) is 0 Å². The van der Waals surface area contributed by atoms with Crippen LogP contribution in [0.3, 0.4) is 0 Å². The van der Waals surface area contributed by atoms with Crippen molar-refractivity contribution in [3.63, 3.8) is 0 Å². The van der Waals surface area contributed by atoms with Crippen molar-refractivity contribution in [1.82, 2.24) is 10.6 Å². The second-order valence-electron chi connectivity index (χ2n) is 7.35. The number of aliphatic carboxylic acids is 1. The fourth-order valence-electron chi connectivity index (χ4n) is 2.07. The van der Waals surface area contributed by atoms with E-state index in [0.29, 0.717) is 5.75 Å². The molecule has 0 aromatic rings. The standard InChI is InChI=1S/C18H32N4O8S/c1-18(2,10-30-13(24)9-19)15(26)16(27)22-6-5-12(23)21-7-8-31-14(25)4-3-11(20)17(28)29/h11,15,26H,3-10,19-20H2,1-2H3,(H,21,23)(H,22,27)(H,28,29)/t11-,15-/m0/s1. The van der Waals surface area contributed by atoms with Crippen molar-refractivity contribution in [2.24, 2.45) is 16.9 Å². The Morgan fingerprint density at radius 1 is 1.10 bits per heavy atom. The topological polar surface area (TPSA) is 211 Å². The van der Waals surface area contributed by atoms with Crippen molar-refractivity contribution in [2.75, 3.05) is 32.0 Å². The summed E-state index contributed by atoms with van der Waals surface area (Å²) in [5.74, 6) is -2.56. The lowest BCUT2D eigenvalue weighted by molar-refractivity contribution is -0.152. The smallest absolute Gasteiger partial charge is 0.320 e. The summed E-state index contributed by atoms with van der Waals surface area (Å²) < 4.78 is 4.85. The highest BCUT2D eigenvalue weighted by Gasteiger charge is 2.34. The maximum Gasteiger partial charge on any atom is 0.320 e. The molecule has 0 unspecified atom stereocenters. The molecule has 2 atom stereocenters. The number of ether oxygens (including phenoxy) is 1. The molecule has 2 amide bonds. The SMILES string of the molecule is CC(C)(COC(=O)CN)[C@@H](O)C(=O)NCCC(=O)NCCSC(=O)CC[C@H](N)C(=O)O. The molecule has 0 bridgehead atoms. The zero-order valence-corrected chi connectivity index (χ0v) is 18.5. The minimum atomic E-state index is -1.46. The average molecular weight is 465 g/mol. The fourth-order valence-corrected chi connectivity index (χ4v) is 2.76. The molecule has 0 heterocycles. The number of aliphatic hydroxyl groups is 1. The van der Waals surface area contributed by atoms with E-state index in [0.717, 1.165) is 11.8 Å². The van der Waals surface area contributed by atoms with Gasteiger partial charge in [0.1, 0.15) is 12.1 Å². The van der Waals surface area contributed by atoms with Gasteiger partial charge in [0.25, 0.3) is 0 Å². The normalized spacial score (nSPS) is 13.1. The lowest BCUT2D eigenvalue weighted by atomic mass is 9.87. The molecule has 178 valence electrons. The largest absolute Gasteiger partial charge is 0.480 e. The molecule has 0 rings (SSSR count). The summed E-state index contributed by atoms with van der Waals surface area (Å²) in [6, 6.07) is -1.08. The molecule has 0 fully saturated rings. The first kappa shape index (κ1) is 28.8. The van der Waals surface area contributed by atoms with Crippen molar-refractivity contribution >= 4 is 40.6 Å². The first-order valence-electron chi connectivity index (χ1n) is 9.63. The number of carboxylic acid groups (broad SMARTS) is 1. The van der Waals surface area contributed by atoms with Gasteiger partial charge in [-0.05, 0) is 6.42 Å². The van der Waals surface area contributed by atoms with E-state index in [1.165, 1.54) is 0 Å². The molecule has 0 saturated carbocycles. The van der Waals surface area contributed by atoms with E-state index < -0.39 is 35.4 Å². The molecule has 0 aliphatic heterocycles. The number of hydrogen-bond donors (Lipinski definition) is 6. The van der Waals surface area contributed by atoms with E-state index in [1.807, 2.05) is 0 Å². The molecule has 0 radical (unpaired) electrons. The number of thioether (sulfide) groups is 1.